The Morgan fingerprint density at radius 2 is 1.91 bits per heavy atom. The summed E-state index contributed by atoms with van der Waals surface area (Å²) in [6.07, 6.45) is 0.294. The summed E-state index contributed by atoms with van der Waals surface area (Å²) in [7, 11) is 0. The van der Waals surface area contributed by atoms with Gasteiger partial charge < -0.3 is 19.1 Å². The van der Waals surface area contributed by atoms with Crippen molar-refractivity contribution in [1.29, 1.82) is 0 Å². The van der Waals surface area contributed by atoms with Gasteiger partial charge in [0.25, 0.3) is 5.91 Å². The third-order valence-corrected chi connectivity index (χ3v) is 6.23. The Morgan fingerprint density at radius 1 is 1.09 bits per heavy atom. The summed E-state index contributed by atoms with van der Waals surface area (Å²) in [4.78, 5) is 33.2. The van der Waals surface area contributed by atoms with E-state index < -0.39 is 0 Å². The van der Waals surface area contributed by atoms with Crippen molar-refractivity contribution in [3.63, 3.8) is 0 Å². The summed E-state index contributed by atoms with van der Waals surface area (Å²) in [6, 6.07) is 19.5. The lowest BCUT2D eigenvalue weighted by molar-refractivity contribution is -0.131. The minimum absolute atomic E-state index is 0.00775. The fourth-order valence-corrected chi connectivity index (χ4v) is 4.39. The zero-order valence-electron chi connectivity index (χ0n) is 19.7. The molecule has 0 unspecified atom stereocenters. The number of rotatable bonds is 7. The number of benzene rings is 3. The zero-order chi connectivity index (χ0) is 24.4. The Balaban J connectivity index is 1.33. The van der Waals surface area contributed by atoms with Crippen molar-refractivity contribution < 1.29 is 18.8 Å². The fourth-order valence-electron chi connectivity index (χ4n) is 4.39. The first-order chi connectivity index (χ1) is 17.1. The highest BCUT2D eigenvalue weighted by Gasteiger charge is 2.25. The Morgan fingerprint density at radius 3 is 2.74 bits per heavy atom. The van der Waals surface area contributed by atoms with Gasteiger partial charge >= 0.3 is 0 Å². The summed E-state index contributed by atoms with van der Waals surface area (Å²) >= 11 is 0. The fraction of sp³-hybridized carbons (Fsp3) is 0.259. The zero-order valence-corrected chi connectivity index (χ0v) is 19.7. The minimum atomic E-state index is -0.0887. The van der Waals surface area contributed by atoms with E-state index >= 15 is 0 Å². The van der Waals surface area contributed by atoms with E-state index in [-0.39, 0.29) is 25.0 Å². The first-order valence-electron chi connectivity index (χ1n) is 11.7. The van der Waals surface area contributed by atoms with Crippen LogP contribution < -0.4 is 9.64 Å². The Bertz CT molecular complexity index is 1390. The molecule has 1 aliphatic rings. The molecule has 3 aromatic carbocycles. The van der Waals surface area contributed by atoms with Crippen LogP contribution in [-0.2, 0) is 22.6 Å². The highest BCUT2D eigenvalue weighted by Crippen LogP contribution is 2.35. The van der Waals surface area contributed by atoms with Crippen molar-refractivity contribution in [1.82, 2.24) is 15.0 Å². The van der Waals surface area contributed by atoms with Crippen molar-refractivity contribution in [2.24, 2.45) is 0 Å². The maximum Gasteiger partial charge on any atom is 0.265 e. The number of amides is 2. The first kappa shape index (κ1) is 22.6. The highest BCUT2D eigenvalue weighted by atomic mass is 16.5. The largest absolute Gasteiger partial charge is 0.482 e. The van der Waals surface area contributed by atoms with E-state index in [4.69, 9.17) is 9.26 Å². The molecule has 4 aromatic rings. The molecular formula is C27H26N4O4. The molecule has 8 heteroatoms. The molecule has 0 atom stereocenters. The lowest BCUT2D eigenvalue weighted by atomic mass is 10.0. The quantitative estimate of drug-likeness (QED) is 0.402. The highest BCUT2D eigenvalue weighted by molar-refractivity contribution is 5.98. The van der Waals surface area contributed by atoms with Gasteiger partial charge in [-0.15, -0.1) is 0 Å². The van der Waals surface area contributed by atoms with Gasteiger partial charge in [0.05, 0.1) is 18.7 Å². The van der Waals surface area contributed by atoms with Crippen molar-refractivity contribution in [2.75, 3.05) is 24.6 Å². The molecule has 0 saturated carbocycles. The van der Waals surface area contributed by atoms with Crippen LogP contribution in [0.4, 0.5) is 5.69 Å². The van der Waals surface area contributed by atoms with Crippen LogP contribution in [0.25, 0.3) is 22.2 Å². The molecule has 0 aliphatic carbocycles. The van der Waals surface area contributed by atoms with Crippen LogP contribution in [-0.4, -0.2) is 46.6 Å². The van der Waals surface area contributed by atoms with Crippen LogP contribution in [0.3, 0.4) is 0 Å². The Kier molecular flexibility index (Phi) is 6.18. The number of carbonyl (C=O) groups is 2. The van der Waals surface area contributed by atoms with Gasteiger partial charge in [-0.05, 0) is 48.4 Å². The Labute approximate surface area is 203 Å². The summed E-state index contributed by atoms with van der Waals surface area (Å²) < 4.78 is 11.0. The molecule has 0 fully saturated rings. The molecule has 2 heterocycles. The number of ether oxygens (including phenoxy) is 1. The maximum atomic E-state index is 13.1. The predicted molar refractivity (Wildman–Crippen MR) is 132 cm³/mol. The van der Waals surface area contributed by atoms with Crippen LogP contribution in [0.2, 0.25) is 0 Å². The van der Waals surface area contributed by atoms with Crippen molar-refractivity contribution >= 4 is 28.3 Å². The van der Waals surface area contributed by atoms with Gasteiger partial charge in [-0.3, -0.25) is 9.59 Å². The van der Waals surface area contributed by atoms with Gasteiger partial charge in [0.15, 0.2) is 6.61 Å². The van der Waals surface area contributed by atoms with Gasteiger partial charge in [0.2, 0.25) is 17.6 Å². The number of likely N-dealkylation sites (N-methyl/N-ethyl adjacent to an activating group) is 2. The number of nitrogens with zero attached hydrogens (tertiary/aromatic N) is 4. The van der Waals surface area contributed by atoms with Crippen molar-refractivity contribution in [3.8, 4) is 17.1 Å². The van der Waals surface area contributed by atoms with Gasteiger partial charge in [0, 0.05) is 18.7 Å². The average Bonchev–Trinajstić information content (AvgIpc) is 3.36. The third kappa shape index (κ3) is 4.47. The molecule has 0 saturated heterocycles. The molecule has 0 spiro atoms. The van der Waals surface area contributed by atoms with Crippen molar-refractivity contribution in [3.05, 3.63) is 72.1 Å². The molecule has 5 rings (SSSR count). The van der Waals surface area contributed by atoms with E-state index in [0.717, 1.165) is 16.3 Å². The smallest absolute Gasteiger partial charge is 0.265 e. The molecule has 2 amide bonds. The van der Waals surface area contributed by atoms with Crippen molar-refractivity contribution in [2.45, 2.75) is 26.8 Å². The normalized spacial score (nSPS) is 13.0. The standard InChI is InChI=1S/C27H26N4O4/c1-3-30(25(32)15-19-10-7-9-18-8-5-6-11-21(18)19)16-24-28-27(29-35-24)20-12-13-23-22(14-20)31(4-2)26(33)17-34-23/h5-14H,3-4,15-17H2,1-2H3. The SMILES string of the molecule is CCN(Cc1nc(-c2ccc3c(c2)N(CC)C(=O)CO3)no1)C(=O)Cc1cccc2ccccc12. The summed E-state index contributed by atoms with van der Waals surface area (Å²) in [5.74, 6) is 1.30. The van der Waals surface area contributed by atoms with Crippen LogP contribution in [0.1, 0.15) is 25.3 Å². The monoisotopic (exact) mass is 470 g/mol. The van der Waals surface area contributed by atoms with Crippen LogP contribution in [0, 0.1) is 0 Å². The topological polar surface area (TPSA) is 88.8 Å². The molecule has 0 radical (unpaired) electrons. The Hall–Kier alpha value is -4.20. The summed E-state index contributed by atoms with van der Waals surface area (Å²) in [6.45, 7) is 5.16. The van der Waals surface area contributed by atoms with Crippen LogP contribution >= 0.6 is 0 Å². The first-order valence-corrected chi connectivity index (χ1v) is 11.7. The molecule has 1 aliphatic heterocycles. The average molecular weight is 471 g/mol. The molecule has 1 aromatic heterocycles. The van der Waals surface area contributed by atoms with Crippen LogP contribution in [0.15, 0.2) is 65.2 Å². The van der Waals surface area contributed by atoms with E-state index in [2.05, 4.69) is 10.1 Å². The second kappa shape index (κ2) is 9.58. The number of hydrogen-bond donors (Lipinski definition) is 0. The molecule has 0 N–H and O–H groups in total. The van der Waals surface area contributed by atoms with E-state index in [1.807, 2.05) is 74.5 Å². The predicted octanol–water partition coefficient (Wildman–Crippen LogP) is 4.23. The van der Waals surface area contributed by atoms with Gasteiger partial charge in [-0.2, -0.15) is 4.98 Å². The number of aromatic nitrogens is 2. The summed E-state index contributed by atoms with van der Waals surface area (Å²) in [5.41, 5.74) is 2.39. The number of anilines is 1. The maximum absolute atomic E-state index is 13.1. The number of fused-ring (bicyclic) bond motifs is 2. The van der Waals surface area contributed by atoms with Gasteiger partial charge in [-0.1, -0.05) is 47.6 Å². The molecule has 0 bridgehead atoms. The molecule has 178 valence electrons. The van der Waals surface area contributed by atoms with E-state index in [9.17, 15) is 9.59 Å². The van der Waals surface area contributed by atoms with Gasteiger partial charge in [-0.25, -0.2) is 0 Å². The lowest BCUT2D eigenvalue weighted by Gasteiger charge is -2.28. The van der Waals surface area contributed by atoms with Crippen LogP contribution in [0.5, 0.6) is 5.75 Å². The van der Waals surface area contributed by atoms with Gasteiger partial charge in [0.1, 0.15) is 5.75 Å². The van der Waals surface area contributed by atoms with E-state index in [1.165, 1.54) is 0 Å². The number of hydrogen-bond acceptors (Lipinski definition) is 6. The molecule has 8 nitrogen and oxygen atoms in total. The van der Waals surface area contributed by atoms with E-state index in [0.29, 0.717) is 48.2 Å². The van der Waals surface area contributed by atoms with E-state index in [1.54, 1.807) is 9.80 Å². The second-order valence-corrected chi connectivity index (χ2v) is 8.34. The third-order valence-electron chi connectivity index (χ3n) is 6.23. The number of carbonyl (C=O) groups excluding carboxylic acids is 2. The summed E-state index contributed by atoms with van der Waals surface area (Å²) in [5, 5.41) is 6.30. The minimum Gasteiger partial charge on any atom is -0.482 e. The molecular weight excluding hydrogens is 444 g/mol. The second-order valence-electron chi connectivity index (χ2n) is 8.34. The molecule has 35 heavy (non-hydrogen) atoms. The lowest BCUT2D eigenvalue weighted by Crippen LogP contribution is -2.38.